The Bertz CT molecular complexity index is 1450. The summed E-state index contributed by atoms with van der Waals surface area (Å²) in [5.41, 5.74) is 1.93. The van der Waals surface area contributed by atoms with Crippen LogP contribution in [0.4, 0.5) is 19.0 Å². The van der Waals surface area contributed by atoms with E-state index in [1.165, 1.54) is 42.9 Å². The van der Waals surface area contributed by atoms with Crippen LogP contribution in [0.2, 0.25) is 0 Å². The van der Waals surface area contributed by atoms with Crippen molar-refractivity contribution in [2.75, 3.05) is 19.0 Å². The van der Waals surface area contributed by atoms with Gasteiger partial charge in [-0.25, -0.2) is 14.5 Å². The highest BCUT2D eigenvalue weighted by Gasteiger charge is 2.28. The van der Waals surface area contributed by atoms with E-state index in [0.717, 1.165) is 0 Å². The molecule has 0 aliphatic heterocycles. The Morgan fingerprint density at radius 3 is 2.65 bits per heavy atom. The predicted octanol–water partition coefficient (Wildman–Crippen LogP) is 3.63. The van der Waals surface area contributed by atoms with E-state index in [2.05, 4.69) is 25.7 Å². The average Bonchev–Trinajstić information content (AvgIpc) is 3.26. The van der Waals surface area contributed by atoms with Crippen molar-refractivity contribution in [3.8, 4) is 22.9 Å². The number of amides is 2. The van der Waals surface area contributed by atoms with Crippen LogP contribution in [0.3, 0.4) is 0 Å². The van der Waals surface area contributed by atoms with Crippen LogP contribution >= 0.6 is 0 Å². The second kappa shape index (κ2) is 10.5. The number of nitrogens with one attached hydrogen (secondary N) is 2. The third-order valence-corrected chi connectivity index (χ3v) is 5.01. The van der Waals surface area contributed by atoms with Gasteiger partial charge in [-0.3, -0.25) is 9.59 Å². The molecular formula is C24H21F3N6O4. The van der Waals surface area contributed by atoms with Crippen LogP contribution in [0.1, 0.15) is 22.8 Å². The van der Waals surface area contributed by atoms with Crippen LogP contribution < -0.4 is 20.1 Å². The standard InChI is InChI=1S/C24H21F3N6O4/c1-14(34)30-20-12-33-21(31-20)8-7-18(32-33)16-9-17(23(36-2)29-11-16)22(35)28-10-15-5-3-4-6-19(15)37-13-24(25,26)27/h3-9,11-12H,10,13H2,1-2H3,(H,28,35)(H,30,34). The zero-order valence-electron chi connectivity index (χ0n) is 19.7. The highest BCUT2D eigenvalue weighted by molar-refractivity contribution is 5.97. The predicted molar refractivity (Wildman–Crippen MR) is 126 cm³/mol. The van der Waals surface area contributed by atoms with E-state index in [9.17, 15) is 22.8 Å². The summed E-state index contributed by atoms with van der Waals surface area (Å²) in [6.07, 6.45) is -1.46. The number of hydrogen-bond donors (Lipinski definition) is 2. The molecule has 0 unspecified atom stereocenters. The Kier molecular flexibility index (Phi) is 7.22. The number of halogens is 3. The zero-order chi connectivity index (χ0) is 26.6. The zero-order valence-corrected chi connectivity index (χ0v) is 19.7. The average molecular weight is 514 g/mol. The third-order valence-electron chi connectivity index (χ3n) is 5.01. The molecule has 3 heterocycles. The summed E-state index contributed by atoms with van der Waals surface area (Å²) in [6.45, 7) is -0.170. The molecule has 3 aromatic heterocycles. The number of alkyl halides is 3. The summed E-state index contributed by atoms with van der Waals surface area (Å²) in [5.74, 6) is -0.429. The summed E-state index contributed by atoms with van der Waals surface area (Å²) in [5, 5.41) is 9.70. The topological polar surface area (TPSA) is 120 Å². The molecule has 1 aromatic carbocycles. The minimum absolute atomic E-state index is 0.00966. The highest BCUT2D eigenvalue weighted by atomic mass is 19.4. The maximum Gasteiger partial charge on any atom is 0.422 e. The van der Waals surface area contributed by atoms with Gasteiger partial charge >= 0.3 is 6.18 Å². The maximum absolute atomic E-state index is 13.0. The van der Waals surface area contributed by atoms with Crippen molar-refractivity contribution in [2.45, 2.75) is 19.6 Å². The lowest BCUT2D eigenvalue weighted by molar-refractivity contribution is -0.153. The van der Waals surface area contributed by atoms with Gasteiger partial charge < -0.3 is 20.1 Å². The van der Waals surface area contributed by atoms with E-state index in [-0.39, 0.29) is 29.6 Å². The first-order valence-corrected chi connectivity index (χ1v) is 10.9. The number of ether oxygens (including phenoxy) is 2. The van der Waals surface area contributed by atoms with Gasteiger partial charge in [0.25, 0.3) is 5.91 Å². The molecule has 2 N–H and O–H groups in total. The molecule has 13 heteroatoms. The monoisotopic (exact) mass is 514 g/mol. The lowest BCUT2D eigenvalue weighted by Crippen LogP contribution is -2.25. The fourth-order valence-electron chi connectivity index (χ4n) is 3.42. The fourth-order valence-corrected chi connectivity index (χ4v) is 3.42. The molecule has 4 rings (SSSR count). The van der Waals surface area contributed by atoms with Gasteiger partial charge in [0.2, 0.25) is 11.8 Å². The van der Waals surface area contributed by atoms with Crippen molar-refractivity contribution in [2.24, 2.45) is 0 Å². The van der Waals surface area contributed by atoms with E-state index < -0.39 is 18.7 Å². The first-order chi connectivity index (χ1) is 17.6. The summed E-state index contributed by atoms with van der Waals surface area (Å²) in [4.78, 5) is 32.7. The number of methoxy groups -OCH3 is 1. The molecule has 37 heavy (non-hydrogen) atoms. The summed E-state index contributed by atoms with van der Waals surface area (Å²) in [6, 6.07) is 11.0. The van der Waals surface area contributed by atoms with E-state index in [0.29, 0.717) is 28.3 Å². The van der Waals surface area contributed by atoms with Gasteiger partial charge in [0.05, 0.1) is 19.0 Å². The van der Waals surface area contributed by atoms with Crippen molar-refractivity contribution in [1.82, 2.24) is 24.9 Å². The number of fused-ring (bicyclic) bond motifs is 1. The SMILES string of the molecule is COc1ncc(-c2ccc3nc(NC(C)=O)cn3n2)cc1C(=O)NCc1ccccc1OCC(F)(F)F. The molecule has 0 saturated heterocycles. The fraction of sp³-hybridized carbons (Fsp3) is 0.208. The van der Waals surface area contributed by atoms with Crippen molar-refractivity contribution >= 4 is 23.3 Å². The molecule has 2 amide bonds. The number of pyridine rings is 1. The number of aromatic nitrogens is 4. The molecule has 0 aliphatic carbocycles. The molecule has 0 bridgehead atoms. The van der Waals surface area contributed by atoms with Crippen LogP contribution in [-0.2, 0) is 11.3 Å². The number of hydrogen-bond acceptors (Lipinski definition) is 7. The Morgan fingerprint density at radius 2 is 1.92 bits per heavy atom. The number of carbonyl (C=O) groups is 2. The van der Waals surface area contributed by atoms with E-state index in [1.54, 1.807) is 30.5 Å². The van der Waals surface area contributed by atoms with Gasteiger partial charge in [0.1, 0.15) is 11.3 Å². The lowest BCUT2D eigenvalue weighted by atomic mass is 10.1. The van der Waals surface area contributed by atoms with Gasteiger partial charge in [-0.2, -0.15) is 18.3 Å². The van der Waals surface area contributed by atoms with Crippen LogP contribution in [0.25, 0.3) is 16.9 Å². The lowest BCUT2D eigenvalue weighted by Gasteiger charge is -2.14. The van der Waals surface area contributed by atoms with Gasteiger partial charge in [0.15, 0.2) is 18.1 Å². The third kappa shape index (κ3) is 6.31. The number of nitrogens with zero attached hydrogens (tertiary/aromatic N) is 4. The first kappa shape index (κ1) is 25.4. The number of rotatable bonds is 8. The van der Waals surface area contributed by atoms with Crippen LogP contribution in [-0.4, -0.2) is 51.3 Å². The number of carbonyl (C=O) groups excluding carboxylic acids is 2. The summed E-state index contributed by atoms with van der Waals surface area (Å²) < 4.78 is 49.3. The van der Waals surface area contributed by atoms with Crippen molar-refractivity contribution in [3.63, 3.8) is 0 Å². The second-order valence-electron chi connectivity index (χ2n) is 7.80. The number of imidazole rings is 1. The molecule has 0 saturated carbocycles. The van der Waals surface area contributed by atoms with Gasteiger partial charge in [0, 0.05) is 30.8 Å². The van der Waals surface area contributed by atoms with Crippen LogP contribution in [0.5, 0.6) is 11.6 Å². The minimum Gasteiger partial charge on any atom is -0.484 e. The van der Waals surface area contributed by atoms with E-state index in [1.807, 2.05) is 0 Å². The highest BCUT2D eigenvalue weighted by Crippen LogP contribution is 2.25. The van der Waals surface area contributed by atoms with Crippen molar-refractivity contribution < 1.29 is 32.2 Å². The normalized spacial score (nSPS) is 11.3. The molecule has 0 spiro atoms. The molecular weight excluding hydrogens is 493 g/mol. The van der Waals surface area contributed by atoms with Crippen LogP contribution in [0, 0.1) is 0 Å². The Balaban J connectivity index is 1.55. The first-order valence-electron chi connectivity index (χ1n) is 10.9. The van der Waals surface area contributed by atoms with Crippen molar-refractivity contribution in [3.05, 3.63) is 66.0 Å². The number of anilines is 1. The Hall–Kier alpha value is -4.68. The quantitative estimate of drug-likeness (QED) is 0.369. The van der Waals surface area contributed by atoms with Gasteiger partial charge in [-0.1, -0.05) is 18.2 Å². The molecule has 0 aliphatic rings. The molecule has 4 aromatic rings. The molecule has 0 fully saturated rings. The molecule has 0 radical (unpaired) electrons. The van der Waals surface area contributed by atoms with Gasteiger partial charge in [-0.15, -0.1) is 0 Å². The van der Waals surface area contributed by atoms with E-state index >= 15 is 0 Å². The second-order valence-corrected chi connectivity index (χ2v) is 7.80. The minimum atomic E-state index is -4.49. The molecule has 10 nitrogen and oxygen atoms in total. The van der Waals surface area contributed by atoms with Crippen molar-refractivity contribution in [1.29, 1.82) is 0 Å². The molecule has 192 valence electrons. The number of benzene rings is 1. The Labute approximate surface area is 208 Å². The summed E-state index contributed by atoms with van der Waals surface area (Å²) >= 11 is 0. The maximum atomic E-state index is 13.0. The van der Waals surface area contributed by atoms with E-state index in [4.69, 9.17) is 9.47 Å². The Morgan fingerprint density at radius 1 is 1.14 bits per heavy atom. The number of para-hydroxylation sites is 1. The smallest absolute Gasteiger partial charge is 0.422 e. The van der Waals surface area contributed by atoms with Crippen LogP contribution in [0.15, 0.2) is 54.9 Å². The van der Waals surface area contributed by atoms with Gasteiger partial charge in [-0.05, 0) is 24.3 Å². The largest absolute Gasteiger partial charge is 0.484 e. The molecule has 0 atom stereocenters. The summed E-state index contributed by atoms with van der Waals surface area (Å²) in [7, 11) is 1.36.